The van der Waals surface area contributed by atoms with Crippen LogP contribution in [-0.2, 0) is 17.8 Å². The Morgan fingerprint density at radius 3 is 2.87 bits per heavy atom. The number of carboxylic acid groups (broad SMARTS) is 1. The van der Waals surface area contributed by atoms with Crippen LogP contribution in [0.1, 0.15) is 47.4 Å². The Kier molecular flexibility index (Phi) is 4.16. The quantitative estimate of drug-likeness (QED) is 0.770. The van der Waals surface area contributed by atoms with Gasteiger partial charge in [0.05, 0.1) is 5.02 Å². The van der Waals surface area contributed by atoms with Crippen molar-refractivity contribution in [2.75, 3.05) is 6.54 Å². The van der Waals surface area contributed by atoms with Crippen LogP contribution in [0.2, 0.25) is 5.02 Å². The van der Waals surface area contributed by atoms with Crippen molar-refractivity contribution >= 4 is 23.5 Å². The zero-order chi connectivity index (χ0) is 21.4. The molecule has 2 aromatic rings. The average Bonchev–Trinajstić information content (AvgIpc) is 3.56. The minimum Gasteiger partial charge on any atom is -0.488 e. The summed E-state index contributed by atoms with van der Waals surface area (Å²) in [6.45, 7) is 2.91. The average molecular weight is 442 g/mol. The number of fused-ring (bicyclic) bond motifs is 4. The molecule has 1 aromatic carbocycles. The number of carbonyl (C=O) groups is 2. The first-order valence-electron chi connectivity index (χ1n) is 11.0. The van der Waals surface area contributed by atoms with Gasteiger partial charge in [-0.2, -0.15) is 5.10 Å². The molecule has 1 saturated heterocycles. The molecule has 2 saturated carbocycles. The Balaban J connectivity index is 1.15. The van der Waals surface area contributed by atoms with Gasteiger partial charge in [0, 0.05) is 36.2 Å². The topological polar surface area (TPSA) is 84.7 Å². The fraction of sp³-hybridized carbons (Fsp3) is 0.522. The van der Waals surface area contributed by atoms with Crippen LogP contribution in [0.5, 0.6) is 5.75 Å². The summed E-state index contributed by atoms with van der Waals surface area (Å²) >= 11 is 6.23. The highest BCUT2D eigenvalue weighted by molar-refractivity contribution is 6.32. The summed E-state index contributed by atoms with van der Waals surface area (Å²) in [6.07, 6.45) is 2.58. The van der Waals surface area contributed by atoms with E-state index in [1.807, 2.05) is 29.2 Å². The van der Waals surface area contributed by atoms with Crippen molar-refractivity contribution in [3.63, 3.8) is 0 Å². The lowest BCUT2D eigenvalue weighted by Gasteiger charge is -2.32. The summed E-state index contributed by atoms with van der Waals surface area (Å²) in [4.78, 5) is 26.8. The van der Waals surface area contributed by atoms with E-state index < -0.39 is 5.97 Å². The van der Waals surface area contributed by atoms with Gasteiger partial charge in [-0.3, -0.25) is 9.48 Å². The Hall–Kier alpha value is -2.54. The zero-order valence-corrected chi connectivity index (χ0v) is 18.0. The Morgan fingerprint density at radius 1 is 1.29 bits per heavy atom. The van der Waals surface area contributed by atoms with Gasteiger partial charge in [0.25, 0.3) is 0 Å². The monoisotopic (exact) mass is 441 g/mol. The number of halogens is 1. The van der Waals surface area contributed by atoms with Crippen LogP contribution in [0.15, 0.2) is 24.3 Å². The van der Waals surface area contributed by atoms with Gasteiger partial charge < -0.3 is 14.7 Å². The van der Waals surface area contributed by atoms with Crippen LogP contribution in [-0.4, -0.2) is 50.4 Å². The predicted octanol–water partition coefficient (Wildman–Crippen LogP) is 3.21. The summed E-state index contributed by atoms with van der Waals surface area (Å²) in [5.74, 6) is 1.36. The molecule has 6 rings (SSSR count). The predicted molar refractivity (Wildman–Crippen MR) is 112 cm³/mol. The van der Waals surface area contributed by atoms with E-state index in [9.17, 15) is 14.7 Å². The molecule has 0 spiro atoms. The standard InChI is InChI=1S/C23H24ClN3O4/c1-11-12-8-16-21(20(11)12)22(23(29)30)25-27(16)10-19(28)26-7-6-17(13-9-15(13)26)31-18-5-3-2-4-14(18)24/h2-5,11-13,15,17,20H,6-10H2,1H3,(H,29,30)/t11-,12+,13?,15?,17?,20-/m1/s1. The lowest BCUT2D eigenvalue weighted by molar-refractivity contribution is -0.134. The maximum atomic E-state index is 13.1. The van der Waals surface area contributed by atoms with Crippen LogP contribution in [0, 0.1) is 17.8 Å². The van der Waals surface area contributed by atoms with Crippen molar-refractivity contribution < 1.29 is 19.4 Å². The first-order valence-corrected chi connectivity index (χ1v) is 11.4. The number of benzene rings is 1. The van der Waals surface area contributed by atoms with Gasteiger partial charge in [-0.25, -0.2) is 4.79 Å². The minimum absolute atomic E-state index is 0.0135. The molecule has 31 heavy (non-hydrogen) atoms. The van der Waals surface area contributed by atoms with Crippen molar-refractivity contribution in [3.05, 3.63) is 46.2 Å². The van der Waals surface area contributed by atoms with Crippen LogP contribution < -0.4 is 4.74 Å². The number of aromatic nitrogens is 2. The summed E-state index contributed by atoms with van der Waals surface area (Å²) in [5.41, 5.74) is 1.95. The van der Waals surface area contributed by atoms with Crippen molar-refractivity contribution in [1.29, 1.82) is 0 Å². The van der Waals surface area contributed by atoms with Gasteiger partial charge in [0.1, 0.15) is 18.4 Å². The Bertz CT molecular complexity index is 1100. The minimum atomic E-state index is -0.998. The van der Waals surface area contributed by atoms with E-state index in [1.54, 1.807) is 4.68 Å². The van der Waals surface area contributed by atoms with Crippen LogP contribution >= 0.6 is 11.6 Å². The summed E-state index contributed by atoms with van der Waals surface area (Å²) in [7, 11) is 0. The summed E-state index contributed by atoms with van der Waals surface area (Å²) in [6, 6.07) is 7.66. The zero-order valence-electron chi connectivity index (χ0n) is 17.2. The normalized spacial score (nSPS) is 32.1. The first-order chi connectivity index (χ1) is 14.9. The molecular weight excluding hydrogens is 418 g/mol. The van der Waals surface area contributed by atoms with E-state index in [0.717, 1.165) is 30.5 Å². The van der Waals surface area contributed by atoms with E-state index in [4.69, 9.17) is 16.3 Å². The highest BCUT2D eigenvalue weighted by atomic mass is 35.5. The number of amides is 1. The Morgan fingerprint density at radius 2 is 2.10 bits per heavy atom. The number of carboxylic acids is 1. The van der Waals surface area contributed by atoms with E-state index in [0.29, 0.717) is 41.0 Å². The van der Waals surface area contributed by atoms with Crippen molar-refractivity contribution in [2.45, 2.75) is 50.8 Å². The van der Waals surface area contributed by atoms with Crippen molar-refractivity contribution in [1.82, 2.24) is 14.7 Å². The highest BCUT2D eigenvalue weighted by Gasteiger charge is 2.57. The number of likely N-dealkylation sites (tertiary alicyclic amines) is 1. The number of nitrogens with zero attached hydrogens (tertiary/aromatic N) is 3. The molecule has 4 aliphatic rings. The molecule has 162 valence electrons. The smallest absolute Gasteiger partial charge is 0.356 e. The second kappa shape index (κ2) is 6.73. The van der Waals surface area contributed by atoms with Crippen molar-refractivity contribution in [2.24, 2.45) is 17.8 Å². The van der Waals surface area contributed by atoms with Gasteiger partial charge >= 0.3 is 5.97 Å². The molecular formula is C23H24ClN3O4. The number of aromatic carboxylic acids is 1. The third-order valence-electron chi connectivity index (χ3n) is 7.68. The second-order valence-electron chi connectivity index (χ2n) is 9.35. The van der Waals surface area contributed by atoms with Gasteiger partial charge in [0.2, 0.25) is 5.91 Å². The molecule has 1 N–H and O–H groups in total. The maximum absolute atomic E-state index is 13.1. The molecule has 6 atom stereocenters. The van der Waals surface area contributed by atoms with E-state index in [-0.39, 0.29) is 30.3 Å². The summed E-state index contributed by atoms with van der Waals surface area (Å²) < 4.78 is 7.81. The molecule has 7 nitrogen and oxygen atoms in total. The van der Waals surface area contributed by atoms with Gasteiger partial charge in [-0.15, -0.1) is 0 Å². The molecule has 1 amide bonds. The SMILES string of the molecule is C[C@@H]1[C@@H]2Cc3c(c(C(=O)O)nn3CC(=O)N3CCC(Oc4ccccc4Cl)C4CC43)[C@H]12. The fourth-order valence-electron chi connectivity index (χ4n) is 5.91. The fourth-order valence-corrected chi connectivity index (χ4v) is 6.09. The summed E-state index contributed by atoms with van der Waals surface area (Å²) in [5, 5.41) is 14.5. The molecule has 1 aliphatic heterocycles. The number of piperidine rings is 1. The number of ether oxygens (including phenoxy) is 1. The molecule has 1 aromatic heterocycles. The molecule has 0 radical (unpaired) electrons. The molecule has 8 heteroatoms. The molecule has 2 heterocycles. The number of hydrogen-bond donors (Lipinski definition) is 1. The molecule has 0 bridgehead atoms. The number of hydrogen-bond acceptors (Lipinski definition) is 4. The third-order valence-corrected chi connectivity index (χ3v) is 8.00. The first kappa shape index (κ1) is 19.2. The highest BCUT2D eigenvalue weighted by Crippen LogP contribution is 2.62. The van der Waals surface area contributed by atoms with Crippen LogP contribution in [0.25, 0.3) is 0 Å². The van der Waals surface area contributed by atoms with E-state index in [1.165, 1.54) is 0 Å². The molecule has 3 fully saturated rings. The van der Waals surface area contributed by atoms with Crippen molar-refractivity contribution in [3.8, 4) is 5.75 Å². The number of rotatable bonds is 5. The van der Waals surface area contributed by atoms with Crippen LogP contribution in [0.4, 0.5) is 0 Å². The largest absolute Gasteiger partial charge is 0.488 e. The molecule has 3 aliphatic carbocycles. The van der Waals surface area contributed by atoms with Gasteiger partial charge in [-0.05, 0) is 42.7 Å². The Labute approximate surface area is 184 Å². The van der Waals surface area contributed by atoms with Crippen LogP contribution in [0.3, 0.4) is 0 Å². The van der Waals surface area contributed by atoms with Gasteiger partial charge in [0.15, 0.2) is 5.69 Å². The van der Waals surface area contributed by atoms with Gasteiger partial charge in [-0.1, -0.05) is 30.7 Å². The second-order valence-corrected chi connectivity index (χ2v) is 9.76. The molecule has 3 unspecified atom stereocenters. The maximum Gasteiger partial charge on any atom is 0.356 e. The third kappa shape index (κ3) is 2.97. The van der Waals surface area contributed by atoms with E-state index in [2.05, 4.69) is 12.0 Å². The van der Waals surface area contributed by atoms with E-state index >= 15 is 0 Å². The number of carbonyl (C=O) groups excluding carboxylic acids is 1. The lowest BCUT2D eigenvalue weighted by atomic mass is 10.1. The lowest BCUT2D eigenvalue weighted by Crippen LogP contribution is -2.44. The number of para-hydroxylation sites is 1.